The summed E-state index contributed by atoms with van der Waals surface area (Å²) in [5.41, 5.74) is 2.23. The number of rotatable bonds is 2. The molecule has 0 aliphatic rings. The summed E-state index contributed by atoms with van der Waals surface area (Å²) in [7, 11) is 0. The van der Waals surface area contributed by atoms with E-state index >= 15 is 0 Å². The third-order valence-electron chi connectivity index (χ3n) is 1.60. The van der Waals surface area contributed by atoms with Gasteiger partial charge in [-0.25, -0.2) is 0 Å². The lowest BCUT2D eigenvalue weighted by Crippen LogP contribution is -1.79. The van der Waals surface area contributed by atoms with Crippen molar-refractivity contribution in [1.29, 1.82) is 0 Å². The van der Waals surface area contributed by atoms with E-state index in [2.05, 4.69) is 15.9 Å². The zero-order chi connectivity index (χ0) is 8.97. The van der Waals surface area contributed by atoms with Gasteiger partial charge in [-0.15, -0.1) is 0 Å². The maximum Gasteiger partial charge on any atom is 0.142 e. The predicted molar refractivity (Wildman–Crippen MR) is 54.0 cm³/mol. The second kappa shape index (κ2) is 4.21. The summed E-state index contributed by atoms with van der Waals surface area (Å²) in [6, 6.07) is 5.97. The van der Waals surface area contributed by atoms with E-state index in [0.29, 0.717) is 0 Å². The first-order valence-electron chi connectivity index (χ1n) is 3.62. The van der Waals surface area contributed by atoms with Gasteiger partial charge in [-0.1, -0.05) is 28.1 Å². The Morgan fingerprint density at radius 1 is 1.42 bits per heavy atom. The molecule has 0 aliphatic heterocycles. The van der Waals surface area contributed by atoms with Crippen LogP contribution in [-0.2, 0) is 4.79 Å². The van der Waals surface area contributed by atoms with Crippen molar-refractivity contribution in [1.82, 2.24) is 0 Å². The molecule has 1 nitrogen and oxygen atoms in total. The van der Waals surface area contributed by atoms with Crippen LogP contribution < -0.4 is 0 Å². The van der Waals surface area contributed by atoms with Crippen LogP contribution in [0.4, 0.5) is 0 Å². The maximum atomic E-state index is 10.1. The van der Waals surface area contributed by atoms with E-state index in [9.17, 15) is 4.79 Å². The molecular formula is C10H9BrO. The Morgan fingerprint density at radius 3 is 2.83 bits per heavy atom. The normalized spacial score (nSPS) is 10.5. The van der Waals surface area contributed by atoms with Crippen molar-refractivity contribution in [3.8, 4) is 0 Å². The Morgan fingerprint density at radius 2 is 2.17 bits per heavy atom. The second-order valence-corrected chi connectivity index (χ2v) is 3.41. The highest BCUT2D eigenvalue weighted by Crippen LogP contribution is 2.16. The van der Waals surface area contributed by atoms with Gasteiger partial charge >= 0.3 is 0 Å². The average Bonchev–Trinajstić information content (AvgIpc) is 2.07. The first-order valence-corrected chi connectivity index (χ1v) is 4.41. The molecule has 0 heterocycles. The Hall–Kier alpha value is -0.890. The number of carbonyl (C=O) groups excluding carboxylic acids is 1. The monoisotopic (exact) mass is 224 g/mol. The SMILES string of the molecule is Cc1ccc(Br)cc1C=CC=O. The fraction of sp³-hybridized carbons (Fsp3) is 0.100. The third kappa shape index (κ3) is 2.31. The molecule has 0 saturated carbocycles. The largest absolute Gasteiger partial charge is 0.299 e. The molecule has 0 aromatic heterocycles. The van der Waals surface area contributed by atoms with Crippen LogP contribution in [0.5, 0.6) is 0 Å². The van der Waals surface area contributed by atoms with Gasteiger partial charge in [0, 0.05) is 4.47 Å². The van der Waals surface area contributed by atoms with Gasteiger partial charge in [0.1, 0.15) is 6.29 Å². The quantitative estimate of drug-likeness (QED) is 0.558. The second-order valence-electron chi connectivity index (χ2n) is 2.50. The highest BCUT2D eigenvalue weighted by Gasteiger charge is 1.93. The first kappa shape index (κ1) is 9.20. The van der Waals surface area contributed by atoms with Gasteiger partial charge in [-0.3, -0.25) is 4.79 Å². The Bertz CT molecular complexity index is 316. The van der Waals surface area contributed by atoms with Crippen LogP contribution in [0.15, 0.2) is 28.7 Å². The molecule has 0 bridgehead atoms. The van der Waals surface area contributed by atoms with Crippen molar-refractivity contribution >= 4 is 28.3 Å². The van der Waals surface area contributed by atoms with Crippen LogP contribution in [0.1, 0.15) is 11.1 Å². The van der Waals surface area contributed by atoms with E-state index in [1.54, 1.807) is 6.08 Å². The van der Waals surface area contributed by atoms with Crippen molar-refractivity contribution < 1.29 is 4.79 Å². The van der Waals surface area contributed by atoms with Gasteiger partial charge in [0.25, 0.3) is 0 Å². The van der Waals surface area contributed by atoms with Gasteiger partial charge < -0.3 is 0 Å². The van der Waals surface area contributed by atoms with E-state index in [4.69, 9.17) is 0 Å². The minimum atomic E-state index is 0.778. The lowest BCUT2D eigenvalue weighted by molar-refractivity contribution is -0.104. The van der Waals surface area contributed by atoms with Crippen LogP contribution in [0.25, 0.3) is 6.08 Å². The summed E-state index contributed by atoms with van der Waals surface area (Å²) >= 11 is 3.37. The fourth-order valence-corrected chi connectivity index (χ4v) is 1.31. The molecule has 1 rings (SSSR count). The topological polar surface area (TPSA) is 17.1 Å². The minimum Gasteiger partial charge on any atom is -0.299 e. The van der Waals surface area contributed by atoms with E-state index in [0.717, 1.165) is 21.9 Å². The van der Waals surface area contributed by atoms with Crippen molar-refractivity contribution in [2.45, 2.75) is 6.92 Å². The molecule has 0 unspecified atom stereocenters. The fourth-order valence-electron chi connectivity index (χ4n) is 0.934. The van der Waals surface area contributed by atoms with Crippen molar-refractivity contribution in [2.75, 3.05) is 0 Å². The smallest absolute Gasteiger partial charge is 0.142 e. The van der Waals surface area contributed by atoms with E-state index < -0.39 is 0 Å². The number of halogens is 1. The molecule has 0 spiro atoms. The number of carbonyl (C=O) groups is 1. The number of aldehydes is 1. The molecule has 0 fully saturated rings. The molecule has 12 heavy (non-hydrogen) atoms. The van der Waals surface area contributed by atoms with Crippen LogP contribution in [-0.4, -0.2) is 6.29 Å². The van der Waals surface area contributed by atoms with Gasteiger partial charge in [-0.05, 0) is 36.3 Å². The molecule has 0 aliphatic carbocycles. The molecule has 0 atom stereocenters. The summed E-state index contributed by atoms with van der Waals surface area (Å²) in [5.74, 6) is 0. The minimum absolute atomic E-state index is 0.778. The highest BCUT2D eigenvalue weighted by atomic mass is 79.9. The van der Waals surface area contributed by atoms with E-state index in [1.807, 2.05) is 25.1 Å². The lowest BCUT2D eigenvalue weighted by atomic mass is 10.1. The van der Waals surface area contributed by atoms with Gasteiger partial charge in [0.15, 0.2) is 0 Å². The van der Waals surface area contributed by atoms with Crippen LogP contribution in [0.2, 0.25) is 0 Å². The van der Waals surface area contributed by atoms with Crippen LogP contribution in [0.3, 0.4) is 0 Å². The molecule has 0 saturated heterocycles. The summed E-state index contributed by atoms with van der Waals surface area (Å²) < 4.78 is 1.03. The van der Waals surface area contributed by atoms with Gasteiger partial charge in [-0.2, -0.15) is 0 Å². The average molecular weight is 225 g/mol. The molecule has 62 valence electrons. The number of hydrogen-bond acceptors (Lipinski definition) is 1. The summed E-state index contributed by atoms with van der Waals surface area (Å²) in [5, 5.41) is 0. The Kier molecular flexibility index (Phi) is 3.23. The predicted octanol–water partition coefficient (Wildman–Crippen LogP) is 2.97. The molecule has 0 radical (unpaired) electrons. The number of benzene rings is 1. The zero-order valence-corrected chi connectivity index (χ0v) is 8.34. The summed E-state index contributed by atoms with van der Waals surface area (Å²) in [6.45, 7) is 2.01. The van der Waals surface area contributed by atoms with Gasteiger partial charge in [0.05, 0.1) is 0 Å². The highest BCUT2D eigenvalue weighted by molar-refractivity contribution is 9.10. The summed E-state index contributed by atoms with van der Waals surface area (Å²) in [4.78, 5) is 10.1. The maximum absolute atomic E-state index is 10.1. The molecule has 1 aromatic carbocycles. The number of aryl methyl sites for hydroxylation is 1. The molecule has 2 heteroatoms. The van der Waals surface area contributed by atoms with Crippen LogP contribution in [0, 0.1) is 6.92 Å². The standard InChI is InChI=1S/C10H9BrO/c1-8-4-5-10(11)7-9(8)3-2-6-12/h2-7H,1H3. The van der Waals surface area contributed by atoms with E-state index in [1.165, 1.54) is 6.08 Å². The van der Waals surface area contributed by atoms with Crippen molar-refractivity contribution in [2.24, 2.45) is 0 Å². The van der Waals surface area contributed by atoms with Crippen molar-refractivity contribution in [3.05, 3.63) is 39.9 Å². The van der Waals surface area contributed by atoms with Gasteiger partial charge in [0.2, 0.25) is 0 Å². The van der Waals surface area contributed by atoms with E-state index in [-0.39, 0.29) is 0 Å². The Balaban J connectivity index is 3.04. The van der Waals surface area contributed by atoms with Crippen LogP contribution >= 0.6 is 15.9 Å². The first-order chi connectivity index (χ1) is 5.74. The lowest BCUT2D eigenvalue weighted by Gasteiger charge is -1.99. The zero-order valence-electron chi connectivity index (χ0n) is 6.75. The summed E-state index contributed by atoms with van der Waals surface area (Å²) in [6.07, 6.45) is 4.07. The van der Waals surface area contributed by atoms with Crippen molar-refractivity contribution in [3.63, 3.8) is 0 Å². The Labute approximate surface area is 80.2 Å². The number of hydrogen-bond donors (Lipinski definition) is 0. The number of allylic oxidation sites excluding steroid dienone is 1. The molecular weight excluding hydrogens is 216 g/mol. The molecule has 1 aromatic rings. The molecule has 0 amide bonds. The molecule has 0 N–H and O–H groups in total. The third-order valence-corrected chi connectivity index (χ3v) is 2.09.